The fourth-order valence-corrected chi connectivity index (χ4v) is 3.82. The van der Waals surface area contributed by atoms with Gasteiger partial charge in [0.2, 0.25) is 0 Å². The normalized spacial score (nSPS) is 11.1. The van der Waals surface area contributed by atoms with Crippen LogP contribution in [0, 0.1) is 13.8 Å². The molecule has 28 heavy (non-hydrogen) atoms. The van der Waals surface area contributed by atoms with Crippen molar-refractivity contribution in [2.75, 3.05) is 0 Å². The standard InChI is InChI=1S/C24H22N2O2/c1-4-26-22-12-10-17(24(27)28)14-21(22)25-23(26)20-8-6-5-7-19(20)18-11-9-15(2)13-16(18)3/h5-14H,4H2,1-3H3,(H,27,28). The van der Waals surface area contributed by atoms with Crippen LogP contribution in [-0.4, -0.2) is 20.6 Å². The number of rotatable bonds is 4. The van der Waals surface area contributed by atoms with E-state index in [0.29, 0.717) is 5.52 Å². The van der Waals surface area contributed by atoms with Crippen LogP contribution in [-0.2, 0) is 6.54 Å². The monoisotopic (exact) mass is 370 g/mol. The first kappa shape index (κ1) is 18.0. The third-order valence-electron chi connectivity index (χ3n) is 5.15. The number of hydrogen-bond acceptors (Lipinski definition) is 2. The molecule has 1 heterocycles. The number of aromatic carboxylic acids is 1. The number of carboxylic acid groups (broad SMARTS) is 1. The van der Waals surface area contributed by atoms with Crippen LogP contribution in [0.3, 0.4) is 0 Å². The fraction of sp³-hybridized carbons (Fsp3) is 0.167. The van der Waals surface area contributed by atoms with Crippen LogP contribution in [0.1, 0.15) is 28.4 Å². The lowest BCUT2D eigenvalue weighted by molar-refractivity contribution is 0.0697. The molecule has 0 saturated heterocycles. The quantitative estimate of drug-likeness (QED) is 0.501. The first-order chi connectivity index (χ1) is 13.5. The Bertz CT molecular complexity index is 1200. The predicted molar refractivity (Wildman–Crippen MR) is 113 cm³/mol. The van der Waals surface area contributed by atoms with Crippen LogP contribution < -0.4 is 0 Å². The van der Waals surface area contributed by atoms with Gasteiger partial charge in [0.1, 0.15) is 5.82 Å². The maximum Gasteiger partial charge on any atom is 0.335 e. The van der Waals surface area contributed by atoms with Crippen molar-refractivity contribution < 1.29 is 9.90 Å². The summed E-state index contributed by atoms with van der Waals surface area (Å²) in [5.41, 5.74) is 7.71. The van der Waals surface area contributed by atoms with Crippen molar-refractivity contribution in [3.8, 4) is 22.5 Å². The molecule has 4 rings (SSSR count). The van der Waals surface area contributed by atoms with E-state index in [1.165, 1.54) is 16.7 Å². The molecule has 1 aromatic heterocycles. The van der Waals surface area contributed by atoms with E-state index < -0.39 is 5.97 Å². The first-order valence-corrected chi connectivity index (χ1v) is 9.40. The molecule has 1 N–H and O–H groups in total. The second-order valence-corrected chi connectivity index (χ2v) is 7.05. The Morgan fingerprint density at radius 1 is 0.964 bits per heavy atom. The second kappa shape index (κ2) is 6.97. The number of aryl methyl sites for hydroxylation is 3. The van der Waals surface area contributed by atoms with Gasteiger partial charge in [-0.1, -0.05) is 48.0 Å². The summed E-state index contributed by atoms with van der Waals surface area (Å²) in [7, 11) is 0. The van der Waals surface area contributed by atoms with Gasteiger partial charge in [-0.05, 0) is 55.7 Å². The van der Waals surface area contributed by atoms with Crippen LogP contribution in [0.15, 0.2) is 60.7 Å². The van der Waals surface area contributed by atoms with E-state index in [0.717, 1.165) is 29.0 Å². The number of benzene rings is 3. The highest BCUT2D eigenvalue weighted by Gasteiger charge is 2.17. The van der Waals surface area contributed by atoms with Crippen molar-refractivity contribution in [2.45, 2.75) is 27.3 Å². The van der Waals surface area contributed by atoms with E-state index in [1.54, 1.807) is 12.1 Å². The zero-order chi connectivity index (χ0) is 19.8. The van der Waals surface area contributed by atoms with Gasteiger partial charge in [-0.25, -0.2) is 9.78 Å². The zero-order valence-electron chi connectivity index (χ0n) is 16.2. The van der Waals surface area contributed by atoms with E-state index in [4.69, 9.17) is 4.98 Å². The maximum absolute atomic E-state index is 11.3. The van der Waals surface area contributed by atoms with Gasteiger partial charge in [-0.2, -0.15) is 0 Å². The number of fused-ring (bicyclic) bond motifs is 1. The Balaban J connectivity index is 1.97. The van der Waals surface area contributed by atoms with Crippen LogP contribution in [0.2, 0.25) is 0 Å². The van der Waals surface area contributed by atoms with Crippen molar-refractivity contribution in [1.29, 1.82) is 0 Å². The first-order valence-electron chi connectivity index (χ1n) is 9.40. The second-order valence-electron chi connectivity index (χ2n) is 7.05. The number of imidazole rings is 1. The summed E-state index contributed by atoms with van der Waals surface area (Å²) in [6, 6.07) is 19.9. The Morgan fingerprint density at radius 3 is 2.39 bits per heavy atom. The van der Waals surface area contributed by atoms with Gasteiger partial charge >= 0.3 is 5.97 Å². The number of hydrogen-bond donors (Lipinski definition) is 1. The Kier molecular flexibility index (Phi) is 4.47. The molecule has 0 amide bonds. The molecule has 0 spiro atoms. The molecule has 0 aliphatic heterocycles. The molecule has 0 atom stereocenters. The lowest BCUT2D eigenvalue weighted by atomic mass is 9.94. The molecule has 0 saturated carbocycles. The average Bonchev–Trinajstić information content (AvgIpc) is 3.05. The summed E-state index contributed by atoms with van der Waals surface area (Å²) in [6.45, 7) is 7.05. The number of carbonyl (C=O) groups is 1. The Labute approximate surface area is 164 Å². The Hall–Kier alpha value is -3.40. The van der Waals surface area contributed by atoms with Gasteiger partial charge in [0.15, 0.2) is 0 Å². The van der Waals surface area contributed by atoms with Gasteiger partial charge in [-0.3, -0.25) is 0 Å². The molecule has 4 aromatic rings. The van der Waals surface area contributed by atoms with Crippen LogP contribution in [0.25, 0.3) is 33.5 Å². The molecule has 140 valence electrons. The molecule has 3 aromatic carbocycles. The lowest BCUT2D eigenvalue weighted by Crippen LogP contribution is -1.99. The summed E-state index contributed by atoms with van der Waals surface area (Å²) < 4.78 is 2.14. The van der Waals surface area contributed by atoms with E-state index in [2.05, 4.69) is 55.7 Å². The highest BCUT2D eigenvalue weighted by Crippen LogP contribution is 2.35. The minimum absolute atomic E-state index is 0.252. The minimum atomic E-state index is -0.940. The molecular weight excluding hydrogens is 348 g/mol. The summed E-state index contributed by atoms with van der Waals surface area (Å²) in [6.07, 6.45) is 0. The smallest absolute Gasteiger partial charge is 0.335 e. The molecular formula is C24H22N2O2. The van der Waals surface area contributed by atoms with E-state index in [-0.39, 0.29) is 5.56 Å². The van der Waals surface area contributed by atoms with Gasteiger partial charge in [0.05, 0.1) is 16.6 Å². The molecule has 4 nitrogen and oxygen atoms in total. The SMILES string of the molecule is CCn1c(-c2ccccc2-c2ccc(C)cc2C)nc2cc(C(=O)O)ccc21. The summed E-state index contributed by atoms with van der Waals surface area (Å²) >= 11 is 0. The number of aromatic nitrogens is 2. The third kappa shape index (κ3) is 2.97. The minimum Gasteiger partial charge on any atom is -0.478 e. The van der Waals surface area contributed by atoms with Crippen LogP contribution in [0.5, 0.6) is 0 Å². The topological polar surface area (TPSA) is 55.1 Å². The van der Waals surface area contributed by atoms with Crippen molar-refractivity contribution in [2.24, 2.45) is 0 Å². The van der Waals surface area contributed by atoms with Crippen molar-refractivity contribution in [3.63, 3.8) is 0 Å². The van der Waals surface area contributed by atoms with Gasteiger partial charge < -0.3 is 9.67 Å². The van der Waals surface area contributed by atoms with Gasteiger partial charge in [-0.15, -0.1) is 0 Å². The molecule has 4 heteroatoms. The Morgan fingerprint density at radius 2 is 1.71 bits per heavy atom. The van der Waals surface area contributed by atoms with E-state index in [9.17, 15) is 9.90 Å². The van der Waals surface area contributed by atoms with Crippen LogP contribution >= 0.6 is 0 Å². The third-order valence-corrected chi connectivity index (χ3v) is 5.15. The van der Waals surface area contributed by atoms with Crippen molar-refractivity contribution in [1.82, 2.24) is 9.55 Å². The van der Waals surface area contributed by atoms with Crippen LogP contribution in [0.4, 0.5) is 0 Å². The zero-order valence-corrected chi connectivity index (χ0v) is 16.2. The van der Waals surface area contributed by atoms with E-state index in [1.807, 2.05) is 18.2 Å². The lowest BCUT2D eigenvalue weighted by Gasteiger charge is -2.14. The summed E-state index contributed by atoms with van der Waals surface area (Å²) in [5.74, 6) is -0.0826. The molecule has 0 bridgehead atoms. The molecule has 0 fully saturated rings. The number of carboxylic acids is 1. The highest BCUT2D eigenvalue weighted by atomic mass is 16.4. The van der Waals surface area contributed by atoms with Gasteiger partial charge in [0, 0.05) is 12.1 Å². The van der Waals surface area contributed by atoms with Crippen molar-refractivity contribution >= 4 is 17.0 Å². The van der Waals surface area contributed by atoms with E-state index >= 15 is 0 Å². The summed E-state index contributed by atoms with van der Waals surface area (Å²) in [4.78, 5) is 16.2. The largest absolute Gasteiger partial charge is 0.478 e. The molecule has 0 aliphatic carbocycles. The molecule has 0 radical (unpaired) electrons. The number of nitrogens with zero attached hydrogens (tertiary/aromatic N) is 2. The predicted octanol–water partition coefficient (Wildman–Crippen LogP) is 5.71. The molecule has 0 aliphatic rings. The average molecular weight is 370 g/mol. The highest BCUT2D eigenvalue weighted by molar-refractivity contribution is 5.94. The van der Waals surface area contributed by atoms with Gasteiger partial charge in [0.25, 0.3) is 0 Å². The summed E-state index contributed by atoms with van der Waals surface area (Å²) in [5, 5.41) is 9.31. The van der Waals surface area contributed by atoms with Crippen molar-refractivity contribution in [3.05, 3.63) is 77.4 Å². The maximum atomic E-state index is 11.3. The molecule has 0 unspecified atom stereocenters. The fourth-order valence-electron chi connectivity index (χ4n) is 3.82.